The highest BCUT2D eigenvalue weighted by Gasteiger charge is 2.26. The second-order valence-corrected chi connectivity index (χ2v) is 6.14. The van der Waals surface area contributed by atoms with Gasteiger partial charge in [-0.3, -0.25) is 9.36 Å². The van der Waals surface area contributed by atoms with Gasteiger partial charge in [-0.1, -0.05) is 17.7 Å². The molecule has 0 bridgehead atoms. The molecule has 0 N–H and O–H groups in total. The molecule has 1 aromatic carbocycles. The van der Waals surface area contributed by atoms with Crippen LogP contribution in [0.5, 0.6) is 0 Å². The van der Waals surface area contributed by atoms with Gasteiger partial charge in [-0.2, -0.15) is 0 Å². The van der Waals surface area contributed by atoms with Crippen LogP contribution in [0.4, 0.5) is 0 Å². The Hall–Kier alpha value is -0.960. The van der Waals surface area contributed by atoms with E-state index < -0.39 is 7.60 Å². The van der Waals surface area contributed by atoms with E-state index in [9.17, 15) is 9.36 Å². The van der Waals surface area contributed by atoms with Crippen molar-refractivity contribution in [2.75, 3.05) is 20.4 Å². The maximum Gasteiger partial charge on any atom is 0.337 e. The van der Waals surface area contributed by atoms with Crippen LogP contribution in [-0.2, 0) is 13.6 Å². The van der Waals surface area contributed by atoms with Crippen LogP contribution < -0.4 is 0 Å². The van der Waals surface area contributed by atoms with Crippen molar-refractivity contribution >= 4 is 13.4 Å². The number of benzene rings is 1. The monoisotopic (exact) mass is 256 g/mol. The van der Waals surface area contributed by atoms with Crippen LogP contribution in [0.2, 0.25) is 0 Å². The lowest BCUT2D eigenvalue weighted by molar-refractivity contribution is 0.101. The van der Waals surface area contributed by atoms with Crippen molar-refractivity contribution in [3.05, 3.63) is 34.9 Å². The predicted octanol–water partition coefficient (Wildman–Crippen LogP) is 2.97. The Morgan fingerprint density at radius 3 is 2.35 bits per heavy atom. The quantitative estimate of drug-likeness (QED) is 0.600. The molecule has 94 valence electrons. The van der Waals surface area contributed by atoms with Crippen LogP contribution in [0.1, 0.15) is 21.5 Å². The van der Waals surface area contributed by atoms with E-state index in [2.05, 4.69) is 0 Å². The van der Waals surface area contributed by atoms with Crippen LogP contribution in [0, 0.1) is 13.8 Å². The van der Waals surface area contributed by atoms with E-state index in [-0.39, 0.29) is 11.9 Å². The Bertz CT molecular complexity index is 460. The Labute approximate surface area is 101 Å². The van der Waals surface area contributed by atoms with Gasteiger partial charge in [0.1, 0.15) is 6.16 Å². The minimum Gasteiger partial charge on any atom is -0.312 e. The number of aryl methyl sites for hydroxylation is 2. The number of carbonyl (C=O) groups is 1. The average Bonchev–Trinajstić information content (AvgIpc) is 2.32. The summed E-state index contributed by atoms with van der Waals surface area (Å²) in [6.45, 7) is 3.75. The Morgan fingerprint density at radius 2 is 1.82 bits per heavy atom. The molecule has 0 aliphatic carbocycles. The highest BCUT2D eigenvalue weighted by atomic mass is 31.2. The largest absolute Gasteiger partial charge is 0.337 e. The molecule has 0 aromatic heterocycles. The first kappa shape index (κ1) is 14.1. The molecule has 0 fully saturated rings. The van der Waals surface area contributed by atoms with Crippen LogP contribution in [-0.4, -0.2) is 26.2 Å². The molecule has 0 aliphatic heterocycles. The smallest absolute Gasteiger partial charge is 0.312 e. The molecule has 1 aromatic rings. The number of ketones is 1. The fraction of sp³-hybridized carbons (Fsp3) is 0.417. The van der Waals surface area contributed by atoms with Crippen LogP contribution >= 0.6 is 7.60 Å². The van der Waals surface area contributed by atoms with Gasteiger partial charge >= 0.3 is 7.60 Å². The Morgan fingerprint density at radius 1 is 1.24 bits per heavy atom. The van der Waals surface area contributed by atoms with Crippen molar-refractivity contribution in [2.45, 2.75) is 13.8 Å². The van der Waals surface area contributed by atoms with E-state index in [0.29, 0.717) is 5.56 Å². The Kier molecular flexibility index (Phi) is 4.63. The number of hydrogen-bond donors (Lipinski definition) is 0. The third kappa shape index (κ3) is 3.50. The second kappa shape index (κ2) is 5.58. The molecule has 0 saturated carbocycles. The van der Waals surface area contributed by atoms with E-state index >= 15 is 0 Å². The van der Waals surface area contributed by atoms with E-state index in [1.807, 2.05) is 26.0 Å². The van der Waals surface area contributed by atoms with Crippen LogP contribution in [0.3, 0.4) is 0 Å². The summed E-state index contributed by atoms with van der Waals surface area (Å²) in [5.41, 5.74) is 2.42. The van der Waals surface area contributed by atoms with Gasteiger partial charge in [0.15, 0.2) is 5.78 Å². The first-order valence-corrected chi connectivity index (χ1v) is 6.95. The molecular formula is C12H17O4P. The number of Topliss-reactive ketones (excluding diaryl/α,β-unsaturated/α-hetero) is 1. The molecule has 0 heterocycles. The standard InChI is InChI=1S/C12H17O4P/c1-9-5-6-10(2)11(7-9)12(13)8-17(14,15-3)16-4/h5-7H,8H2,1-4H3. The fourth-order valence-electron chi connectivity index (χ4n) is 1.50. The van der Waals surface area contributed by atoms with Crippen molar-refractivity contribution in [1.29, 1.82) is 0 Å². The summed E-state index contributed by atoms with van der Waals surface area (Å²) in [6.07, 6.45) is -0.232. The lowest BCUT2D eigenvalue weighted by Crippen LogP contribution is -2.10. The number of carbonyl (C=O) groups excluding carboxylic acids is 1. The summed E-state index contributed by atoms with van der Waals surface area (Å²) in [4.78, 5) is 12.0. The van der Waals surface area contributed by atoms with E-state index in [4.69, 9.17) is 9.05 Å². The molecular weight excluding hydrogens is 239 g/mol. The maximum atomic E-state index is 12.0. The van der Waals surface area contributed by atoms with Crippen molar-refractivity contribution < 1.29 is 18.4 Å². The number of hydrogen-bond acceptors (Lipinski definition) is 4. The van der Waals surface area contributed by atoms with Gasteiger partial charge in [-0.25, -0.2) is 0 Å². The lowest BCUT2D eigenvalue weighted by atomic mass is 10.0. The van der Waals surface area contributed by atoms with Crippen LogP contribution in [0.15, 0.2) is 18.2 Å². The van der Waals surface area contributed by atoms with Gasteiger partial charge in [-0.05, 0) is 25.5 Å². The van der Waals surface area contributed by atoms with Gasteiger partial charge in [0, 0.05) is 19.8 Å². The summed E-state index contributed by atoms with van der Waals surface area (Å²) in [7, 11) is -0.730. The van der Waals surface area contributed by atoms with Gasteiger partial charge < -0.3 is 9.05 Å². The lowest BCUT2D eigenvalue weighted by Gasteiger charge is -2.13. The SMILES string of the molecule is COP(=O)(CC(=O)c1cc(C)ccc1C)OC. The van der Waals surface area contributed by atoms with E-state index in [1.54, 1.807) is 6.07 Å². The van der Waals surface area contributed by atoms with Gasteiger partial charge in [-0.15, -0.1) is 0 Å². The molecule has 1 rings (SSSR count). The molecule has 0 atom stereocenters. The zero-order valence-corrected chi connectivity index (χ0v) is 11.4. The number of rotatable bonds is 5. The first-order valence-electron chi connectivity index (χ1n) is 5.23. The minimum atomic E-state index is -3.29. The van der Waals surface area contributed by atoms with E-state index in [1.165, 1.54) is 14.2 Å². The molecule has 0 aliphatic rings. The van der Waals surface area contributed by atoms with Crippen LogP contribution in [0.25, 0.3) is 0 Å². The van der Waals surface area contributed by atoms with Gasteiger partial charge in [0.05, 0.1) is 0 Å². The molecule has 5 heteroatoms. The fourth-order valence-corrected chi connectivity index (χ4v) is 2.43. The normalized spacial score (nSPS) is 11.5. The molecule has 0 saturated heterocycles. The summed E-state index contributed by atoms with van der Waals surface area (Å²) >= 11 is 0. The van der Waals surface area contributed by atoms with Crippen molar-refractivity contribution in [1.82, 2.24) is 0 Å². The summed E-state index contributed by atoms with van der Waals surface area (Å²) in [5, 5.41) is 0. The van der Waals surface area contributed by atoms with Crippen molar-refractivity contribution in [3.63, 3.8) is 0 Å². The molecule has 0 amide bonds. The summed E-state index contributed by atoms with van der Waals surface area (Å²) in [5.74, 6) is -0.224. The molecule has 0 radical (unpaired) electrons. The molecule has 0 unspecified atom stereocenters. The zero-order valence-electron chi connectivity index (χ0n) is 10.5. The van der Waals surface area contributed by atoms with Gasteiger partial charge in [0.2, 0.25) is 0 Å². The topological polar surface area (TPSA) is 52.6 Å². The highest BCUT2D eigenvalue weighted by molar-refractivity contribution is 7.54. The van der Waals surface area contributed by atoms with Crippen molar-refractivity contribution in [2.24, 2.45) is 0 Å². The molecule has 4 nitrogen and oxygen atoms in total. The highest BCUT2D eigenvalue weighted by Crippen LogP contribution is 2.46. The second-order valence-electron chi connectivity index (χ2n) is 3.88. The van der Waals surface area contributed by atoms with Crippen molar-refractivity contribution in [3.8, 4) is 0 Å². The third-order valence-electron chi connectivity index (χ3n) is 2.59. The third-order valence-corrected chi connectivity index (χ3v) is 4.37. The van der Waals surface area contributed by atoms with E-state index in [0.717, 1.165) is 11.1 Å². The summed E-state index contributed by atoms with van der Waals surface area (Å²) in [6, 6.07) is 5.58. The Balaban J connectivity index is 2.98. The molecule has 17 heavy (non-hydrogen) atoms. The zero-order chi connectivity index (χ0) is 13.1. The maximum absolute atomic E-state index is 12.0. The summed E-state index contributed by atoms with van der Waals surface area (Å²) < 4.78 is 21.4. The average molecular weight is 256 g/mol. The first-order chi connectivity index (χ1) is 7.91. The minimum absolute atomic E-state index is 0.224. The van der Waals surface area contributed by atoms with Gasteiger partial charge in [0.25, 0.3) is 0 Å². The predicted molar refractivity (Wildman–Crippen MR) is 66.7 cm³/mol. The molecule has 0 spiro atoms.